The number of rotatable bonds is 21. The molecule has 3 N–H and O–H groups in total. The second-order valence-corrected chi connectivity index (χ2v) is 28.3. The van der Waals surface area contributed by atoms with Crippen molar-refractivity contribution in [3.8, 4) is 0 Å². The van der Waals surface area contributed by atoms with Gasteiger partial charge in [-0.15, -0.1) is 0 Å². The van der Waals surface area contributed by atoms with Gasteiger partial charge in [0.05, 0.1) is 92.2 Å². The number of halogens is 6. The van der Waals surface area contributed by atoms with E-state index in [0.29, 0.717) is 50.9 Å². The molecular weight excluding hydrogens is 1340 g/mol. The molecule has 9 aromatic rings. The van der Waals surface area contributed by atoms with Gasteiger partial charge in [-0.25, -0.2) is 26.3 Å². The summed E-state index contributed by atoms with van der Waals surface area (Å²) >= 11 is 0. The molecule has 0 bridgehead atoms. The molecular formula is C57H60F6N18O12S3. The summed E-state index contributed by atoms with van der Waals surface area (Å²) in [5, 5.41) is 53.0. The molecule has 0 radical (unpaired) electrons. The molecule has 0 fully saturated rings. The lowest BCUT2D eigenvalue weighted by Gasteiger charge is -2.30. The van der Waals surface area contributed by atoms with Gasteiger partial charge in [0.25, 0.3) is 49.3 Å². The Morgan fingerprint density at radius 2 is 0.688 bits per heavy atom. The van der Waals surface area contributed by atoms with Gasteiger partial charge in [-0.2, -0.15) is 68.1 Å². The highest BCUT2D eigenvalue weighted by Crippen LogP contribution is 2.34. The van der Waals surface area contributed by atoms with Gasteiger partial charge < -0.3 is 30.0 Å². The highest BCUT2D eigenvalue weighted by molar-refractivity contribution is 7.90. The van der Waals surface area contributed by atoms with Gasteiger partial charge in [-0.3, -0.25) is 43.4 Å². The maximum atomic E-state index is 13.2. The lowest BCUT2D eigenvalue weighted by molar-refractivity contribution is -0.140. The lowest BCUT2D eigenvalue weighted by atomic mass is 9.85. The van der Waals surface area contributed by atoms with Crippen LogP contribution in [0.3, 0.4) is 0 Å². The Kier molecular flexibility index (Phi) is 19.7. The number of hydrogen-bond acceptors (Lipinski definition) is 21. The summed E-state index contributed by atoms with van der Waals surface area (Å²) < 4.78 is 157. The van der Waals surface area contributed by atoms with Crippen molar-refractivity contribution < 1.29 is 81.3 Å². The quantitative estimate of drug-likeness (QED) is 0.0869. The summed E-state index contributed by atoms with van der Waals surface area (Å²) in [7, 11) is -12.4. The molecule has 0 aliphatic carbocycles. The van der Waals surface area contributed by atoms with Crippen LogP contribution < -0.4 is 0 Å². The van der Waals surface area contributed by atoms with E-state index < -0.39 is 105 Å². The number of aliphatic hydroxyl groups excluding tert-OH is 3. The normalized spacial score (nSPS) is 15.7. The van der Waals surface area contributed by atoms with Crippen LogP contribution in [0.25, 0.3) is 0 Å². The molecule has 510 valence electrons. The highest BCUT2D eigenvalue weighted by atomic mass is 32.2. The smallest absolute Gasteiger partial charge is 0.286 e. The highest BCUT2D eigenvalue weighted by Gasteiger charge is 2.45. The number of pyridine rings is 3. The zero-order valence-electron chi connectivity index (χ0n) is 50.9. The van der Waals surface area contributed by atoms with Crippen LogP contribution in [0.15, 0.2) is 144 Å². The zero-order chi connectivity index (χ0) is 69.3. The average molecular weight is 1400 g/mol. The van der Waals surface area contributed by atoms with Gasteiger partial charge in [0.1, 0.15) is 50.6 Å². The Hall–Kier alpha value is -9.57. The Morgan fingerprint density at radius 1 is 0.427 bits per heavy atom. The van der Waals surface area contributed by atoms with Crippen LogP contribution >= 0.6 is 0 Å². The van der Waals surface area contributed by atoms with Gasteiger partial charge in [0, 0.05) is 92.1 Å². The molecule has 3 aliphatic heterocycles. The van der Waals surface area contributed by atoms with Crippen LogP contribution in [0, 0.1) is 0 Å². The van der Waals surface area contributed by atoms with Crippen molar-refractivity contribution in [1.82, 2.24) is 86.6 Å². The molecule has 3 aliphatic rings. The monoisotopic (exact) mass is 1400 g/mol. The first-order valence-electron chi connectivity index (χ1n) is 28.8. The second kappa shape index (κ2) is 27.3. The first-order chi connectivity index (χ1) is 45.4. The van der Waals surface area contributed by atoms with Gasteiger partial charge >= 0.3 is 0 Å². The molecule has 30 nitrogen and oxygen atoms in total. The van der Waals surface area contributed by atoms with Gasteiger partial charge in [0.2, 0.25) is 17.7 Å². The SMILES string of the molecule is CC(CO)(C(=O)N1Cc2cn(S(=O)(=O)c3cnn(CC(F)F)c3)nc2C1)c1ccccn1.C[C@@](CO)(C(=O)N1Cc2cn(S(=O)(=O)c3cnn(CC(F)F)c3)nc2C1)c1ccccn1.C[C@](CO)(C(=O)N1Cc2cn(S(=O)(=O)c3cnn(CC(F)F)c3)nc2C1)c1ccccn1. The molecule has 0 saturated carbocycles. The largest absolute Gasteiger partial charge is 0.395 e. The van der Waals surface area contributed by atoms with Crippen LogP contribution in [0.4, 0.5) is 26.3 Å². The summed E-state index contributed by atoms with van der Waals surface area (Å²) in [6, 6.07) is 15.3. The molecule has 12 heterocycles. The van der Waals surface area contributed by atoms with E-state index >= 15 is 0 Å². The number of hydrogen-bond donors (Lipinski definition) is 3. The number of fused-ring (bicyclic) bond motifs is 3. The van der Waals surface area contributed by atoms with Gasteiger partial charge in [0.15, 0.2) is 0 Å². The van der Waals surface area contributed by atoms with Crippen molar-refractivity contribution >= 4 is 47.8 Å². The molecule has 3 amide bonds. The Labute approximate surface area is 542 Å². The predicted molar refractivity (Wildman–Crippen MR) is 318 cm³/mol. The third kappa shape index (κ3) is 13.8. The van der Waals surface area contributed by atoms with Crippen LogP contribution in [-0.4, -0.2) is 184 Å². The fourth-order valence-corrected chi connectivity index (χ4v) is 13.9. The third-order valence-electron chi connectivity index (χ3n) is 16.0. The topological polar surface area (TPSA) is 370 Å². The van der Waals surface area contributed by atoms with Gasteiger partial charge in [-0.1, -0.05) is 18.2 Å². The second-order valence-electron chi connectivity index (χ2n) is 22.9. The van der Waals surface area contributed by atoms with Crippen molar-refractivity contribution in [2.24, 2.45) is 0 Å². The first-order valence-corrected chi connectivity index (χ1v) is 33.1. The van der Waals surface area contributed by atoms with E-state index in [1.807, 2.05) is 0 Å². The van der Waals surface area contributed by atoms with Crippen molar-refractivity contribution in [3.63, 3.8) is 0 Å². The molecule has 39 heteroatoms. The number of amides is 3. The number of nitrogens with zero attached hydrogens (tertiary/aromatic N) is 18. The minimum Gasteiger partial charge on any atom is -0.395 e. The molecule has 1 unspecified atom stereocenters. The van der Waals surface area contributed by atoms with E-state index in [9.17, 15) is 81.3 Å². The van der Waals surface area contributed by atoms with E-state index in [0.717, 1.165) is 63.5 Å². The molecule has 0 saturated heterocycles. The fraction of sp³-hybridized carbons (Fsp3) is 0.368. The van der Waals surface area contributed by atoms with Crippen LogP contribution in [0.5, 0.6) is 0 Å². The molecule has 0 aromatic carbocycles. The molecule has 12 rings (SSSR count). The summed E-state index contributed by atoms with van der Waals surface area (Å²) in [5.41, 5.74) is 0.259. The number of alkyl halides is 6. The minimum absolute atomic E-state index is 0.0593. The van der Waals surface area contributed by atoms with Crippen LogP contribution in [0.1, 0.15) is 71.6 Å². The van der Waals surface area contributed by atoms with Crippen molar-refractivity contribution in [2.45, 2.75) is 130 Å². The van der Waals surface area contributed by atoms with Crippen molar-refractivity contribution in [2.75, 3.05) is 19.8 Å². The predicted octanol–water partition coefficient (Wildman–Crippen LogP) is 2.31. The van der Waals surface area contributed by atoms with E-state index in [4.69, 9.17) is 0 Å². The number of carbonyl (C=O) groups excluding carboxylic acids is 3. The first kappa shape index (κ1) is 69.3. The third-order valence-corrected chi connectivity index (χ3v) is 20.5. The van der Waals surface area contributed by atoms with Crippen LogP contribution in [0.2, 0.25) is 0 Å². The average Bonchev–Trinajstić information content (AvgIpc) is 1.60. The molecule has 96 heavy (non-hydrogen) atoms. The summed E-state index contributed by atoms with van der Waals surface area (Å²) in [6.07, 6.45) is 6.49. The Bertz CT molecular complexity index is 4120. The zero-order valence-corrected chi connectivity index (χ0v) is 53.3. The minimum atomic E-state index is -4.12. The maximum Gasteiger partial charge on any atom is 0.286 e. The van der Waals surface area contributed by atoms with Crippen molar-refractivity contribution in [3.05, 3.63) is 180 Å². The lowest BCUT2D eigenvalue weighted by Crippen LogP contribution is -2.46. The van der Waals surface area contributed by atoms with E-state index in [1.165, 1.54) is 51.9 Å². The standard InChI is InChI=1S/3C19H20F2N6O4S/c3*1-19(12-28,16-4-2-3-5-22-16)18(29)25-7-13-8-27(24-15(13)10-25)32(30,31)14-6-23-26(9-14)11-17(20)21/h3*2-6,8-9,17,28H,7,10-12H2,1H3/t2*19-;/m10./s1. The van der Waals surface area contributed by atoms with E-state index in [2.05, 4.69) is 45.5 Å². The van der Waals surface area contributed by atoms with Gasteiger partial charge in [-0.05, 0) is 57.2 Å². The van der Waals surface area contributed by atoms with Crippen LogP contribution in [-0.2, 0) is 120 Å². The molecule has 0 spiro atoms. The number of aromatic nitrogens is 15. The summed E-state index contributed by atoms with van der Waals surface area (Å²) in [4.78, 5) is 55.7. The fourth-order valence-electron chi connectivity index (χ4n) is 10.6. The van der Waals surface area contributed by atoms with E-state index in [-0.39, 0.29) is 71.7 Å². The van der Waals surface area contributed by atoms with Crippen molar-refractivity contribution in [1.29, 1.82) is 0 Å². The Balaban J connectivity index is 0.000000157. The summed E-state index contributed by atoms with van der Waals surface area (Å²) in [5.74, 6) is -1.09. The Morgan fingerprint density at radius 3 is 0.896 bits per heavy atom. The summed E-state index contributed by atoms with van der Waals surface area (Å²) in [6.45, 7) is 1.77. The molecule has 3 atom stereocenters. The van der Waals surface area contributed by atoms with E-state index in [1.54, 1.807) is 75.4 Å². The number of carbonyl (C=O) groups is 3. The maximum absolute atomic E-state index is 13.2. The molecule has 9 aromatic heterocycles. The number of aliphatic hydroxyl groups is 3.